The molecule has 0 bridgehead atoms. The Hall–Kier alpha value is -2.63. The average molecular weight is 339 g/mol. The molecule has 1 aromatic carbocycles. The average Bonchev–Trinajstić information content (AvgIpc) is 3.19. The molecule has 6 nitrogen and oxygen atoms in total. The van der Waals surface area contributed by atoms with Crippen molar-refractivity contribution in [2.75, 3.05) is 13.1 Å². The van der Waals surface area contributed by atoms with Crippen molar-refractivity contribution < 1.29 is 14.7 Å². The lowest BCUT2D eigenvalue weighted by Gasteiger charge is -2.32. The molecule has 0 radical (unpaired) electrons. The number of benzene rings is 1. The van der Waals surface area contributed by atoms with Crippen LogP contribution in [-0.2, 0) is 4.79 Å². The van der Waals surface area contributed by atoms with Gasteiger partial charge in [0.25, 0.3) is 5.91 Å². The van der Waals surface area contributed by atoms with Gasteiger partial charge in [-0.1, -0.05) is 18.2 Å². The molecule has 2 aliphatic rings. The Kier molecular flexibility index (Phi) is 3.63. The zero-order valence-electron chi connectivity index (χ0n) is 14.2. The molecule has 1 spiro atoms. The number of carbonyl (C=O) groups is 2. The minimum absolute atomic E-state index is 0.0120. The normalized spacial score (nSPS) is 21.3. The number of amides is 1. The van der Waals surface area contributed by atoms with E-state index in [-0.39, 0.29) is 17.2 Å². The maximum Gasteiger partial charge on any atom is 0.307 e. The molecule has 2 aromatic rings. The van der Waals surface area contributed by atoms with E-state index in [9.17, 15) is 14.7 Å². The number of para-hydroxylation sites is 1. The Morgan fingerprint density at radius 1 is 1.20 bits per heavy atom. The number of carboxylic acids is 1. The largest absolute Gasteiger partial charge is 0.481 e. The van der Waals surface area contributed by atoms with Crippen molar-refractivity contribution in [1.29, 1.82) is 0 Å². The number of likely N-dealkylation sites (tertiary alicyclic amines) is 1. The first-order valence-corrected chi connectivity index (χ1v) is 8.64. The van der Waals surface area contributed by atoms with Crippen molar-refractivity contribution in [2.45, 2.75) is 26.2 Å². The third kappa shape index (κ3) is 2.62. The highest BCUT2D eigenvalue weighted by Gasteiger charge is 2.59. The molecule has 1 saturated heterocycles. The van der Waals surface area contributed by atoms with Gasteiger partial charge in [-0.3, -0.25) is 9.59 Å². The van der Waals surface area contributed by atoms with Crippen LogP contribution in [0.2, 0.25) is 0 Å². The third-order valence-corrected chi connectivity index (χ3v) is 5.78. The molecule has 25 heavy (non-hydrogen) atoms. The van der Waals surface area contributed by atoms with Crippen LogP contribution in [-0.4, -0.2) is 44.8 Å². The number of carboxylic acid groups (broad SMARTS) is 1. The van der Waals surface area contributed by atoms with Crippen molar-refractivity contribution in [1.82, 2.24) is 14.7 Å². The maximum absolute atomic E-state index is 12.9. The van der Waals surface area contributed by atoms with Crippen LogP contribution in [0.15, 0.2) is 36.5 Å². The zero-order valence-corrected chi connectivity index (χ0v) is 14.2. The molecular weight excluding hydrogens is 318 g/mol. The third-order valence-electron chi connectivity index (χ3n) is 5.78. The van der Waals surface area contributed by atoms with E-state index in [1.54, 1.807) is 10.9 Å². The summed E-state index contributed by atoms with van der Waals surface area (Å²) in [7, 11) is 0. The van der Waals surface area contributed by atoms with Gasteiger partial charge in [-0.2, -0.15) is 5.10 Å². The lowest BCUT2D eigenvalue weighted by atomic mass is 9.90. The molecule has 130 valence electrons. The van der Waals surface area contributed by atoms with Crippen molar-refractivity contribution in [3.05, 3.63) is 47.8 Å². The van der Waals surface area contributed by atoms with Gasteiger partial charge in [0.15, 0.2) is 0 Å². The second kappa shape index (κ2) is 5.72. The molecule has 6 heteroatoms. The SMILES string of the molecule is Cc1c(C(=O)N2CCC3(CC2)C[C@H]3C(=O)O)cnn1-c1ccccc1. The number of piperidine rings is 1. The predicted octanol–water partition coefficient (Wildman–Crippen LogP) is 2.51. The summed E-state index contributed by atoms with van der Waals surface area (Å²) < 4.78 is 1.78. The number of hydrogen-bond donors (Lipinski definition) is 1. The second-order valence-electron chi connectivity index (χ2n) is 7.14. The van der Waals surface area contributed by atoms with Crippen LogP contribution in [0.1, 0.15) is 35.3 Å². The van der Waals surface area contributed by atoms with Gasteiger partial charge in [0.2, 0.25) is 0 Å². The zero-order chi connectivity index (χ0) is 17.6. The first kappa shape index (κ1) is 15.9. The van der Waals surface area contributed by atoms with E-state index >= 15 is 0 Å². The molecule has 1 N–H and O–H groups in total. The van der Waals surface area contributed by atoms with E-state index in [1.807, 2.05) is 42.2 Å². The summed E-state index contributed by atoms with van der Waals surface area (Å²) >= 11 is 0. The Labute approximate surface area is 146 Å². The molecule has 1 amide bonds. The minimum Gasteiger partial charge on any atom is -0.481 e. The van der Waals surface area contributed by atoms with E-state index in [2.05, 4.69) is 5.10 Å². The summed E-state index contributed by atoms with van der Waals surface area (Å²) in [4.78, 5) is 25.9. The van der Waals surface area contributed by atoms with Crippen LogP contribution in [0.4, 0.5) is 0 Å². The fourth-order valence-electron chi connectivity index (χ4n) is 4.02. The van der Waals surface area contributed by atoms with Crippen LogP contribution >= 0.6 is 0 Å². The van der Waals surface area contributed by atoms with Crippen molar-refractivity contribution >= 4 is 11.9 Å². The first-order chi connectivity index (χ1) is 12.0. The van der Waals surface area contributed by atoms with E-state index in [0.29, 0.717) is 18.7 Å². The smallest absolute Gasteiger partial charge is 0.307 e. The molecule has 1 aliphatic carbocycles. The minimum atomic E-state index is -0.695. The summed E-state index contributed by atoms with van der Waals surface area (Å²) in [6.07, 6.45) is 3.95. The Bertz CT molecular complexity index is 820. The number of nitrogens with zero attached hydrogens (tertiary/aromatic N) is 3. The second-order valence-corrected chi connectivity index (χ2v) is 7.14. The van der Waals surface area contributed by atoms with Crippen molar-refractivity contribution in [2.24, 2.45) is 11.3 Å². The van der Waals surface area contributed by atoms with Crippen LogP contribution < -0.4 is 0 Å². The quantitative estimate of drug-likeness (QED) is 0.932. The van der Waals surface area contributed by atoms with Crippen molar-refractivity contribution in [3.63, 3.8) is 0 Å². The van der Waals surface area contributed by atoms with Gasteiger partial charge in [-0.15, -0.1) is 0 Å². The van der Waals surface area contributed by atoms with Gasteiger partial charge in [-0.25, -0.2) is 4.68 Å². The van der Waals surface area contributed by atoms with Crippen LogP contribution in [0, 0.1) is 18.3 Å². The lowest BCUT2D eigenvalue weighted by molar-refractivity contribution is -0.139. The standard InChI is InChI=1S/C19H21N3O3/c1-13-15(12-20-22(13)14-5-3-2-4-6-14)17(23)21-9-7-19(8-10-21)11-16(19)18(24)25/h2-6,12,16H,7-11H2,1H3,(H,24,25)/t16-/m0/s1. The Balaban J connectivity index is 1.48. The Morgan fingerprint density at radius 3 is 2.48 bits per heavy atom. The predicted molar refractivity (Wildman–Crippen MR) is 91.6 cm³/mol. The van der Waals surface area contributed by atoms with Gasteiger partial charge >= 0.3 is 5.97 Å². The molecule has 1 saturated carbocycles. The van der Waals surface area contributed by atoms with E-state index in [4.69, 9.17) is 0 Å². The van der Waals surface area contributed by atoms with Crippen LogP contribution in [0.3, 0.4) is 0 Å². The summed E-state index contributed by atoms with van der Waals surface area (Å²) in [6.45, 7) is 3.15. The molecule has 2 fully saturated rings. The highest BCUT2D eigenvalue weighted by molar-refractivity contribution is 5.95. The maximum atomic E-state index is 12.9. The number of aromatic nitrogens is 2. The van der Waals surface area contributed by atoms with Crippen molar-refractivity contribution in [3.8, 4) is 5.69 Å². The summed E-state index contributed by atoms with van der Waals surface area (Å²) in [5, 5.41) is 13.5. The molecule has 1 atom stereocenters. The molecule has 4 rings (SSSR count). The fraction of sp³-hybridized carbons (Fsp3) is 0.421. The molecule has 1 aromatic heterocycles. The number of hydrogen-bond acceptors (Lipinski definition) is 3. The van der Waals surface area contributed by atoms with Gasteiger partial charge in [-0.05, 0) is 43.7 Å². The lowest BCUT2D eigenvalue weighted by Crippen LogP contribution is -2.40. The molecule has 1 aliphatic heterocycles. The summed E-state index contributed by atoms with van der Waals surface area (Å²) in [5.74, 6) is -0.922. The summed E-state index contributed by atoms with van der Waals surface area (Å²) in [5.41, 5.74) is 2.31. The van der Waals surface area contributed by atoms with E-state index < -0.39 is 5.97 Å². The summed E-state index contributed by atoms with van der Waals surface area (Å²) in [6, 6.07) is 9.74. The van der Waals surface area contributed by atoms with Gasteiger partial charge in [0.1, 0.15) is 0 Å². The fourth-order valence-corrected chi connectivity index (χ4v) is 4.02. The molecule has 2 heterocycles. The number of rotatable bonds is 3. The number of aliphatic carboxylic acids is 1. The molecular formula is C19H21N3O3. The first-order valence-electron chi connectivity index (χ1n) is 8.64. The van der Waals surface area contributed by atoms with Crippen LogP contribution in [0.5, 0.6) is 0 Å². The van der Waals surface area contributed by atoms with Crippen LogP contribution in [0.25, 0.3) is 5.69 Å². The Morgan fingerprint density at radius 2 is 1.88 bits per heavy atom. The molecule has 0 unspecified atom stereocenters. The highest BCUT2D eigenvalue weighted by Crippen LogP contribution is 2.59. The highest BCUT2D eigenvalue weighted by atomic mass is 16.4. The van der Waals surface area contributed by atoms with Gasteiger partial charge in [0, 0.05) is 13.1 Å². The topological polar surface area (TPSA) is 75.4 Å². The van der Waals surface area contributed by atoms with E-state index in [1.165, 1.54) is 0 Å². The number of carbonyl (C=O) groups excluding carboxylic acids is 1. The van der Waals surface area contributed by atoms with E-state index in [0.717, 1.165) is 30.6 Å². The van der Waals surface area contributed by atoms with Gasteiger partial charge in [0.05, 0.1) is 29.1 Å². The monoisotopic (exact) mass is 339 g/mol. The van der Waals surface area contributed by atoms with Gasteiger partial charge < -0.3 is 10.0 Å².